The second kappa shape index (κ2) is 662. The number of isothiocyanates is 2. The summed E-state index contributed by atoms with van der Waals surface area (Å²) < 4.78 is 0. The van der Waals surface area contributed by atoms with E-state index >= 15 is 0 Å². The van der Waals surface area contributed by atoms with E-state index in [0.717, 1.165) is 0 Å². The molecule has 0 amide bonds. The van der Waals surface area contributed by atoms with Gasteiger partial charge in [-0.15, -0.1) is 0 Å². The van der Waals surface area contributed by atoms with E-state index in [1.54, 1.807) is 10.3 Å². The molecule has 2 nitrogen and oxygen atoms in total. The Bertz CT molecular complexity index is 70.1. The summed E-state index contributed by atoms with van der Waals surface area (Å²) in [7, 11) is 0. The van der Waals surface area contributed by atoms with Crippen LogP contribution in [-0.2, 0) is 0 Å². The van der Waals surface area contributed by atoms with Crippen LogP contribution in [0.2, 0.25) is 0 Å². The van der Waals surface area contributed by atoms with Crippen molar-refractivity contribution in [3.8, 4) is 0 Å². The molecular formula is C10H34N2S2. The lowest BCUT2D eigenvalue weighted by Crippen LogP contribution is -1.03. The summed E-state index contributed by atoms with van der Waals surface area (Å²) in [6.07, 6.45) is 0. The lowest BCUT2D eigenvalue weighted by atomic mass is 11.8. The van der Waals surface area contributed by atoms with E-state index in [-0.39, 0.29) is 59.4 Å². The Kier molecular flexibility index (Phi) is 7880. The molecular weight excluding hydrogens is 212 g/mol. The van der Waals surface area contributed by atoms with Gasteiger partial charge in [0, 0.05) is 0 Å². The third-order valence-corrected chi connectivity index (χ3v) is 0. The van der Waals surface area contributed by atoms with E-state index in [2.05, 4.69) is 24.4 Å². The molecule has 0 spiro atoms. The summed E-state index contributed by atoms with van der Waals surface area (Å²) in [5, 5.41) is 14.7. The first-order valence-corrected chi connectivity index (χ1v) is 1.72. The fraction of sp³-hybridized carbons (Fsp3) is 0.800. The van der Waals surface area contributed by atoms with Crippen molar-refractivity contribution < 1.29 is 0 Å². The van der Waals surface area contributed by atoms with Crippen molar-refractivity contribution in [3.05, 3.63) is 0 Å². The average Bonchev–Trinajstić information content (AvgIpc) is 1.39. The minimum Gasteiger partial charge on any atom is -0.248 e. The summed E-state index contributed by atoms with van der Waals surface area (Å²) in [5.41, 5.74) is 0. The molecule has 2 N–H and O–H groups in total. The van der Waals surface area contributed by atoms with Crippen molar-refractivity contribution in [2.45, 2.75) is 59.4 Å². The molecule has 0 saturated heterocycles. The number of nitrogens with one attached hydrogen (secondary N) is 2. The fourth-order valence-electron chi connectivity index (χ4n) is 0. The molecule has 0 aromatic carbocycles. The van der Waals surface area contributed by atoms with Gasteiger partial charge in [0.15, 0.2) is 0 Å². The first-order valence-electron chi connectivity index (χ1n) is 0.908. The standard InChI is InChI=1S/2CHNS.8CH4/c2*2-1-3;;;;;;;;/h2*2H;8*1H4. The van der Waals surface area contributed by atoms with Crippen LogP contribution in [0.15, 0.2) is 0 Å². The van der Waals surface area contributed by atoms with Gasteiger partial charge in [0.25, 0.3) is 0 Å². The predicted octanol–water partition coefficient (Wildman–Crippen LogP) is 6.42. The highest BCUT2D eigenvalue weighted by Crippen LogP contribution is 1.16. The fourth-order valence-corrected chi connectivity index (χ4v) is 0. The normalized spacial score (nSPS) is 1.14. The summed E-state index contributed by atoms with van der Waals surface area (Å²) in [5.74, 6) is 0. The molecule has 0 unspecified atom stereocenters. The molecule has 0 aromatic heterocycles. The molecule has 0 fully saturated rings. The molecule has 14 heavy (non-hydrogen) atoms. The van der Waals surface area contributed by atoms with Gasteiger partial charge in [0.1, 0.15) is 0 Å². The summed E-state index contributed by atoms with van der Waals surface area (Å²) in [4.78, 5) is 0. The molecule has 0 aromatic rings. The average molecular weight is 247 g/mol. The molecule has 0 heterocycles. The molecule has 0 saturated carbocycles. The Morgan fingerprint density at radius 2 is 0.500 bits per heavy atom. The van der Waals surface area contributed by atoms with Gasteiger partial charge in [0.05, 0.1) is 10.3 Å². The zero-order chi connectivity index (χ0) is 5.41. The van der Waals surface area contributed by atoms with Crippen LogP contribution in [0.1, 0.15) is 59.4 Å². The third kappa shape index (κ3) is 8150. The lowest BCUT2D eigenvalue weighted by Gasteiger charge is -1.05. The van der Waals surface area contributed by atoms with Crippen LogP contribution in [0.5, 0.6) is 0 Å². The summed E-state index contributed by atoms with van der Waals surface area (Å²) >= 11 is 7.62. The molecule has 0 atom stereocenters. The molecule has 96 valence electrons. The highest BCUT2D eigenvalue weighted by molar-refractivity contribution is 7.78. The lowest BCUT2D eigenvalue weighted by molar-refractivity contribution is 1.61. The van der Waals surface area contributed by atoms with Crippen molar-refractivity contribution in [1.82, 2.24) is 0 Å². The smallest absolute Gasteiger partial charge is 0.0554 e. The zero-order valence-electron chi connectivity index (χ0n) is 2.82. The van der Waals surface area contributed by atoms with Crippen LogP contribution >= 0.6 is 24.4 Å². The first-order chi connectivity index (χ1) is 2.83. The van der Waals surface area contributed by atoms with Crippen LogP contribution in [0.25, 0.3) is 0 Å². The topological polar surface area (TPSA) is 47.7 Å². The van der Waals surface area contributed by atoms with Gasteiger partial charge in [0.2, 0.25) is 0 Å². The third-order valence-electron chi connectivity index (χ3n) is 0. The maximum atomic E-state index is 5.77. The van der Waals surface area contributed by atoms with Gasteiger partial charge < -0.3 is 0 Å². The minimum absolute atomic E-state index is 0. The van der Waals surface area contributed by atoms with Crippen molar-refractivity contribution in [2.75, 3.05) is 0 Å². The van der Waals surface area contributed by atoms with E-state index in [9.17, 15) is 0 Å². The predicted molar refractivity (Wildman–Crippen MR) is 84.5 cm³/mol. The number of thiocarbonyl (C=S) groups is 2. The van der Waals surface area contributed by atoms with E-state index in [0.29, 0.717) is 0 Å². The maximum absolute atomic E-state index is 5.77. The molecule has 0 radical (unpaired) electrons. The van der Waals surface area contributed by atoms with Gasteiger partial charge in [-0.2, -0.15) is 0 Å². The largest absolute Gasteiger partial charge is 0.248 e. The van der Waals surface area contributed by atoms with Crippen molar-refractivity contribution in [3.63, 3.8) is 0 Å². The highest BCUT2D eigenvalue weighted by atomic mass is 32.1. The summed E-state index contributed by atoms with van der Waals surface area (Å²) in [6, 6.07) is 0. The van der Waals surface area contributed by atoms with Crippen LogP contribution in [0, 0.1) is 10.8 Å². The first kappa shape index (κ1) is 167. The maximum Gasteiger partial charge on any atom is 0.0554 e. The van der Waals surface area contributed by atoms with Gasteiger partial charge in [-0.25, -0.2) is 10.8 Å². The number of hydrogen-bond acceptors (Lipinski definition) is 4. The monoisotopic (exact) mass is 246 g/mol. The SMILES string of the molecule is C.C.C.C.C.C.C.C.N=C=S.N=C=S. The van der Waals surface area contributed by atoms with Crippen LogP contribution in [-0.4, -0.2) is 10.3 Å². The number of hydrogen-bond donors (Lipinski definition) is 2. The van der Waals surface area contributed by atoms with E-state index in [1.165, 1.54) is 0 Å². The van der Waals surface area contributed by atoms with Crippen LogP contribution in [0.4, 0.5) is 0 Å². The second-order valence-electron chi connectivity index (χ2n) is 0.204. The van der Waals surface area contributed by atoms with Crippen LogP contribution < -0.4 is 0 Å². The van der Waals surface area contributed by atoms with Gasteiger partial charge >= 0.3 is 0 Å². The van der Waals surface area contributed by atoms with E-state index in [1.807, 2.05) is 0 Å². The highest BCUT2D eigenvalue weighted by Gasteiger charge is 0.978. The molecule has 4 heteroatoms. The Hall–Kier alpha value is -0.400. The van der Waals surface area contributed by atoms with Gasteiger partial charge in [-0.1, -0.05) is 59.4 Å². The van der Waals surface area contributed by atoms with Gasteiger partial charge in [-0.3, -0.25) is 0 Å². The molecule has 0 aliphatic carbocycles. The van der Waals surface area contributed by atoms with Crippen molar-refractivity contribution in [1.29, 1.82) is 10.8 Å². The second-order valence-corrected chi connectivity index (χ2v) is 0.612. The Morgan fingerprint density at radius 3 is 0.500 bits per heavy atom. The molecule has 0 rings (SSSR count). The van der Waals surface area contributed by atoms with Crippen molar-refractivity contribution in [2.24, 2.45) is 0 Å². The Balaban J connectivity index is -0.00000000182. The molecule has 0 aliphatic rings. The summed E-state index contributed by atoms with van der Waals surface area (Å²) in [6.45, 7) is 0. The Labute approximate surface area is 105 Å². The quantitative estimate of drug-likeness (QED) is 0.382. The zero-order valence-corrected chi connectivity index (χ0v) is 4.45. The Morgan fingerprint density at radius 1 is 0.500 bits per heavy atom. The minimum atomic E-state index is 0. The van der Waals surface area contributed by atoms with Crippen molar-refractivity contribution >= 4 is 34.8 Å². The molecule has 0 bridgehead atoms. The number of rotatable bonds is 0. The van der Waals surface area contributed by atoms with E-state index < -0.39 is 0 Å². The van der Waals surface area contributed by atoms with E-state index in [4.69, 9.17) is 10.8 Å². The molecule has 0 aliphatic heterocycles. The van der Waals surface area contributed by atoms with Crippen LogP contribution in [0.3, 0.4) is 0 Å². The van der Waals surface area contributed by atoms with Gasteiger partial charge in [-0.05, 0) is 24.4 Å².